The van der Waals surface area contributed by atoms with Gasteiger partial charge in [-0.1, -0.05) is 18.2 Å². The molecule has 0 spiro atoms. The zero-order valence-electron chi connectivity index (χ0n) is 11.9. The molecule has 2 aromatic rings. The summed E-state index contributed by atoms with van der Waals surface area (Å²) in [5.74, 6) is -0.187. The number of halogens is 1. The Kier molecular flexibility index (Phi) is 4.15. The quantitative estimate of drug-likeness (QED) is 0.907. The van der Waals surface area contributed by atoms with Crippen LogP contribution in [0.1, 0.15) is 35.7 Å². The molecule has 21 heavy (non-hydrogen) atoms. The van der Waals surface area contributed by atoms with Crippen LogP contribution in [0.5, 0.6) is 0 Å². The molecule has 0 saturated carbocycles. The minimum Gasteiger partial charge on any atom is -0.326 e. The summed E-state index contributed by atoms with van der Waals surface area (Å²) in [6, 6.07) is 10.5. The first-order chi connectivity index (χ1) is 10.2. The third-order valence-corrected chi connectivity index (χ3v) is 4.03. The number of benzene rings is 1. The molecule has 1 unspecified atom stereocenters. The fraction of sp³-hybridized carbons (Fsp3) is 0.353. The van der Waals surface area contributed by atoms with Crippen LogP contribution in [0.2, 0.25) is 0 Å². The average molecular weight is 286 g/mol. The van der Waals surface area contributed by atoms with Gasteiger partial charge >= 0.3 is 0 Å². The zero-order valence-corrected chi connectivity index (χ0v) is 11.9. The van der Waals surface area contributed by atoms with E-state index >= 15 is 0 Å². The second kappa shape index (κ2) is 6.22. The second-order valence-corrected chi connectivity index (χ2v) is 5.54. The molecule has 1 aliphatic rings. The van der Waals surface area contributed by atoms with E-state index in [9.17, 15) is 9.18 Å². The summed E-state index contributed by atoms with van der Waals surface area (Å²) in [4.78, 5) is 14.3. The van der Waals surface area contributed by atoms with Crippen molar-refractivity contribution in [3.05, 3.63) is 69.4 Å². The number of nitrogens with one attached hydrogen (secondary N) is 2. The molecule has 1 aliphatic carbocycles. The van der Waals surface area contributed by atoms with E-state index in [2.05, 4.69) is 10.3 Å². The number of aryl methyl sites for hydroxylation is 1. The zero-order chi connectivity index (χ0) is 14.7. The first-order valence-corrected chi connectivity index (χ1v) is 7.42. The standard InChI is InChI=1S/C17H19FN2O/c18-13-4-1-3-12(11-13)9-10-19-15-5-2-6-16-14(15)7-8-17(21)20-16/h1,3-4,7-8,11,15,19H,2,5-6,9-10H2,(H,20,21). The van der Waals surface area contributed by atoms with Crippen molar-refractivity contribution in [2.45, 2.75) is 31.7 Å². The molecular formula is C17H19FN2O. The monoisotopic (exact) mass is 286 g/mol. The molecule has 3 nitrogen and oxygen atoms in total. The average Bonchev–Trinajstić information content (AvgIpc) is 2.47. The van der Waals surface area contributed by atoms with Crippen molar-refractivity contribution in [3.8, 4) is 0 Å². The van der Waals surface area contributed by atoms with Gasteiger partial charge in [-0.3, -0.25) is 4.79 Å². The molecule has 4 heteroatoms. The number of fused-ring (bicyclic) bond motifs is 1. The highest BCUT2D eigenvalue weighted by Gasteiger charge is 2.19. The third kappa shape index (κ3) is 3.39. The molecule has 3 rings (SSSR count). The highest BCUT2D eigenvalue weighted by Crippen LogP contribution is 2.27. The van der Waals surface area contributed by atoms with E-state index in [-0.39, 0.29) is 17.4 Å². The van der Waals surface area contributed by atoms with Crippen LogP contribution in [0.4, 0.5) is 4.39 Å². The van der Waals surface area contributed by atoms with Crippen molar-refractivity contribution >= 4 is 0 Å². The molecule has 110 valence electrons. The maximum atomic E-state index is 13.1. The summed E-state index contributed by atoms with van der Waals surface area (Å²) in [6.07, 6.45) is 3.88. The van der Waals surface area contributed by atoms with Crippen molar-refractivity contribution in [1.82, 2.24) is 10.3 Å². The summed E-state index contributed by atoms with van der Waals surface area (Å²) in [6.45, 7) is 0.798. The van der Waals surface area contributed by atoms with Crippen LogP contribution in [0, 0.1) is 5.82 Å². The molecule has 2 N–H and O–H groups in total. The van der Waals surface area contributed by atoms with Crippen LogP contribution in [-0.2, 0) is 12.8 Å². The summed E-state index contributed by atoms with van der Waals surface area (Å²) >= 11 is 0. The van der Waals surface area contributed by atoms with Gasteiger partial charge in [-0.15, -0.1) is 0 Å². The molecule has 1 heterocycles. The molecule has 1 aromatic carbocycles. The second-order valence-electron chi connectivity index (χ2n) is 5.54. The Hall–Kier alpha value is -1.94. The summed E-state index contributed by atoms with van der Waals surface area (Å²) < 4.78 is 13.1. The van der Waals surface area contributed by atoms with Crippen molar-refractivity contribution < 1.29 is 4.39 Å². The normalized spacial score (nSPS) is 17.5. The maximum Gasteiger partial charge on any atom is 0.248 e. The SMILES string of the molecule is O=c1ccc2c([nH]1)CCCC2NCCc1cccc(F)c1. The number of hydrogen-bond donors (Lipinski definition) is 2. The molecule has 0 amide bonds. The van der Waals surface area contributed by atoms with Gasteiger partial charge in [-0.05, 0) is 55.5 Å². The van der Waals surface area contributed by atoms with Crippen LogP contribution in [0.3, 0.4) is 0 Å². The van der Waals surface area contributed by atoms with Gasteiger partial charge < -0.3 is 10.3 Å². The lowest BCUT2D eigenvalue weighted by atomic mass is 9.91. The van der Waals surface area contributed by atoms with Crippen LogP contribution < -0.4 is 10.9 Å². The van der Waals surface area contributed by atoms with Gasteiger partial charge in [-0.25, -0.2) is 4.39 Å². The van der Waals surface area contributed by atoms with E-state index in [1.54, 1.807) is 18.2 Å². The molecule has 1 atom stereocenters. The largest absolute Gasteiger partial charge is 0.326 e. The number of H-pyrrole nitrogens is 1. The number of aromatic amines is 1. The number of rotatable bonds is 4. The Balaban J connectivity index is 1.63. The van der Waals surface area contributed by atoms with Gasteiger partial charge in [0.05, 0.1) is 0 Å². The third-order valence-electron chi connectivity index (χ3n) is 4.03. The minimum atomic E-state index is -0.187. The van der Waals surface area contributed by atoms with Crippen LogP contribution in [0.25, 0.3) is 0 Å². The van der Waals surface area contributed by atoms with E-state index in [4.69, 9.17) is 0 Å². The lowest BCUT2D eigenvalue weighted by Gasteiger charge is -2.26. The van der Waals surface area contributed by atoms with Gasteiger partial charge in [0.2, 0.25) is 5.56 Å². The molecular weight excluding hydrogens is 267 g/mol. The fourth-order valence-corrected chi connectivity index (χ4v) is 3.00. The number of hydrogen-bond acceptors (Lipinski definition) is 2. The molecule has 1 aromatic heterocycles. The molecule has 0 aliphatic heterocycles. The Morgan fingerprint density at radius 2 is 2.19 bits per heavy atom. The van der Waals surface area contributed by atoms with Crippen molar-refractivity contribution in [3.63, 3.8) is 0 Å². The van der Waals surface area contributed by atoms with Crippen molar-refractivity contribution in [1.29, 1.82) is 0 Å². The van der Waals surface area contributed by atoms with E-state index in [0.717, 1.165) is 43.5 Å². The first kappa shape index (κ1) is 14.0. The van der Waals surface area contributed by atoms with E-state index in [1.165, 1.54) is 11.6 Å². The van der Waals surface area contributed by atoms with Crippen molar-refractivity contribution in [2.24, 2.45) is 0 Å². The van der Waals surface area contributed by atoms with Gasteiger partial charge in [-0.2, -0.15) is 0 Å². The molecule has 0 radical (unpaired) electrons. The topological polar surface area (TPSA) is 44.9 Å². The lowest BCUT2D eigenvalue weighted by molar-refractivity contribution is 0.457. The fourth-order valence-electron chi connectivity index (χ4n) is 3.00. The van der Waals surface area contributed by atoms with E-state index < -0.39 is 0 Å². The number of aromatic nitrogens is 1. The maximum absolute atomic E-state index is 13.1. The lowest BCUT2D eigenvalue weighted by Crippen LogP contribution is -2.28. The highest BCUT2D eigenvalue weighted by atomic mass is 19.1. The Bertz CT molecular complexity index is 680. The summed E-state index contributed by atoms with van der Waals surface area (Å²) in [5.41, 5.74) is 3.21. The van der Waals surface area contributed by atoms with E-state index in [0.29, 0.717) is 0 Å². The predicted molar refractivity (Wildman–Crippen MR) is 80.8 cm³/mol. The van der Waals surface area contributed by atoms with Gasteiger partial charge in [0.25, 0.3) is 0 Å². The molecule has 0 fully saturated rings. The Morgan fingerprint density at radius 3 is 3.05 bits per heavy atom. The molecule has 0 bridgehead atoms. The van der Waals surface area contributed by atoms with Crippen molar-refractivity contribution in [2.75, 3.05) is 6.54 Å². The highest BCUT2D eigenvalue weighted by molar-refractivity contribution is 5.26. The van der Waals surface area contributed by atoms with Gasteiger partial charge in [0.15, 0.2) is 0 Å². The smallest absolute Gasteiger partial charge is 0.248 e. The Morgan fingerprint density at radius 1 is 1.29 bits per heavy atom. The van der Waals surface area contributed by atoms with Gasteiger partial charge in [0, 0.05) is 17.8 Å². The predicted octanol–water partition coefficient (Wildman–Crippen LogP) is 2.72. The van der Waals surface area contributed by atoms with Crippen LogP contribution >= 0.6 is 0 Å². The minimum absolute atomic E-state index is 0.0332. The summed E-state index contributed by atoms with van der Waals surface area (Å²) in [5, 5.41) is 3.52. The summed E-state index contributed by atoms with van der Waals surface area (Å²) in [7, 11) is 0. The van der Waals surface area contributed by atoms with E-state index in [1.807, 2.05) is 12.1 Å². The number of pyridine rings is 1. The van der Waals surface area contributed by atoms with Crippen LogP contribution in [0.15, 0.2) is 41.2 Å². The van der Waals surface area contributed by atoms with Crippen LogP contribution in [-0.4, -0.2) is 11.5 Å². The Labute approximate surface area is 123 Å². The van der Waals surface area contributed by atoms with Gasteiger partial charge in [0.1, 0.15) is 5.82 Å². The first-order valence-electron chi connectivity index (χ1n) is 7.42. The molecule has 0 saturated heterocycles.